The molecule has 25 heavy (non-hydrogen) atoms. The maximum absolute atomic E-state index is 9.82. The first-order valence-electron chi connectivity index (χ1n) is 9.45. The molecule has 0 spiro atoms. The standard InChI is InChI=1S/C21H22N2OS/c24-17-3-1-2-16(7-17)18-12-25-20-22-19(11-23(18)20)21-8-13-4-14(9-21)6-15(5-13)10-21/h1-3,7,11-15,24H,4-6,8-10H2. The zero-order valence-corrected chi connectivity index (χ0v) is 15.0. The first kappa shape index (κ1) is 14.4. The van der Waals surface area contributed by atoms with E-state index in [1.54, 1.807) is 17.4 Å². The van der Waals surface area contributed by atoms with E-state index in [0.717, 1.165) is 34.0 Å². The zero-order valence-electron chi connectivity index (χ0n) is 14.2. The van der Waals surface area contributed by atoms with Gasteiger partial charge in [-0.05, 0) is 68.4 Å². The van der Waals surface area contributed by atoms with Crippen molar-refractivity contribution >= 4 is 16.3 Å². The van der Waals surface area contributed by atoms with E-state index in [1.165, 1.54) is 44.2 Å². The number of rotatable bonds is 2. The topological polar surface area (TPSA) is 37.5 Å². The van der Waals surface area contributed by atoms with Gasteiger partial charge in [-0.15, -0.1) is 11.3 Å². The molecule has 0 amide bonds. The molecule has 3 nitrogen and oxygen atoms in total. The van der Waals surface area contributed by atoms with E-state index in [0.29, 0.717) is 11.2 Å². The molecule has 4 fully saturated rings. The second kappa shape index (κ2) is 4.88. The summed E-state index contributed by atoms with van der Waals surface area (Å²) < 4.78 is 2.24. The third-order valence-electron chi connectivity index (χ3n) is 6.93. The number of aromatic hydroxyl groups is 1. The van der Waals surface area contributed by atoms with E-state index in [2.05, 4.69) is 22.0 Å². The summed E-state index contributed by atoms with van der Waals surface area (Å²) in [5, 5.41) is 12.0. The van der Waals surface area contributed by atoms with Crippen LogP contribution in [0.15, 0.2) is 35.8 Å². The van der Waals surface area contributed by atoms with Crippen LogP contribution in [0.3, 0.4) is 0 Å². The van der Waals surface area contributed by atoms with Crippen LogP contribution in [0.25, 0.3) is 16.2 Å². The Hall–Kier alpha value is -1.81. The number of nitrogens with zero attached hydrogens (tertiary/aromatic N) is 2. The molecule has 1 N–H and O–H groups in total. The van der Waals surface area contributed by atoms with E-state index >= 15 is 0 Å². The average molecular weight is 350 g/mol. The molecule has 3 aromatic rings. The summed E-state index contributed by atoms with van der Waals surface area (Å²) in [6.07, 6.45) is 10.8. The highest BCUT2D eigenvalue weighted by Gasteiger charge is 2.52. The lowest BCUT2D eigenvalue weighted by molar-refractivity contribution is -0.00696. The van der Waals surface area contributed by atoms with Crippen LogP contribution in [0.5, 0.6) is 5.75 Å². The van der Waals surface area contributed by atoms with Crippen molar-refractivity contribution in [2.75, 3.05) is 0 Å². The van der Waals surface area contributed by atoms with Gasteiger partial charge in [0.05, 0.1) is 11.4 Å². The quantitative estimate of drug-likeness (QED) is 0.686. The largest absolute Gasteiger partial charge is 0.508 e. The van der Waals surface area contributed by atoms with Crippen LogP contribution in [0.1, 0.15) is 44.2 Å². The van der Waals surface area contributed by atoms with Crippen molar-refractivity contribution in [2.24, 2.45) is 17.8 Å². The Bertz CT molecular complexity index is 934. The van der Waals surface area contributed by atoms with Crippen LogP contribution in [-0.4, -0.2) is 14.5 Å². The van der Waals surface area contributed by atoms with Crippen LogP contribution in [0.2, 0.25) is 0 Å². The molecule has 4 aliphatic carbocycles. The van der Waals surface area contributed by atoms with E-state index in [4.69, 9.17) is 4.98 Å². The fraction of sp³-hybridized carbons (Fsp3) is 0.476. The van der Waals surface area contributed by atoms with Crippen LogP contribution >= 0.6 is 11.3 Å². The summed E-state index contributed by atoms with van der Waals surface area (Å²) in [4.78, 5) is 6.18. The number of hydrogen-bond donors (Lipinski definition) is 1. The lowest BCUT2D eigenvalue weighted by atomic mass is 9.49. The molecule has 0 aliphatic heterocycles. The molecule has 0 radical (unpaired) electrons. The van der Waals surface area contributed by atoms with Gasteiger partial charge in [-0.25, -0.2) is 4.98 Å². The summed E-state index contributed by atoms with van der Waals surface area (Å²) >= 11 is 1.71. The summed E-state index contributed by atoms with van der Waals surface area (Å²) in [5.41, 5.74) is 3.87. The molecule has 4 bridgehead atoms. The molecule has 4 saturated carbocycles. The lowest BCUT2D eigenvalue weighted by Gasteiger charge is -2.56. The third kappa shape index (κ3) is 2.06. The molecule has 0 unspecified atom stereocenters. The SMILES string of the molecule is Oc1cccc(-c2csc3nc(C45CC6CC(CC(C6)C4)C5)cn23)c1. The Kier molecular flexibility index (Phi) is 2.80. The first-order chi connectivity index (χ1) is 12.2. The van der Waals surface area contributed by atoms with Crippen molar-refractivity contribution in [3.63, 3.8) is 0 Å². The number of imidazole rings is 1. The third-order valence-corrected chi connectivity index (χ3v) is 7.77. The molecule has 0 saturated heterocycles. The van der Waals surface area contributed by atoms with E-state index in [9.17, 15) is 5.11 Å². The molecule has 128 valence electrons. The summed E-state index contributed by atoms with van der Waals surface area (Å²) in [6, 6.07) is 7.53. The second-order valence-electron chi connectivity index (χ2n) is 8.65. The normalized spacial score (nSPS) is 33.4. The van der Waals surface area contributed by atoms with E-state index in [1.807, 2.05) is 12.1 Å². The minimum Gasteiger partial charge on any atom is -0.508 e. The smallest absolute Gasteiger partial charge is 0.194 e. The minimum atomic E-state index is 0.318. The van der Waals surface area contributed by atoms with Gasteiger partial charge < -0.3 is 5.11 Å². The summed E-state index contributed by atoms with van der Waals surface area (Å²) in [7, 11) is 0. The van der Waals surface area contributed by atoms with Gasteiger partial charge in [0.15, 0.2) is 4.96 Å². The Morgan fingerprint density at radius 3 is 2.48 bits per heavy atom. The molecular weight excluding hydrogens is 328 g/mol. The summed E-state index contributed by atoms with van der Waals surface area (Å²) in [6.45, 7) is 0. The fourth-order valence-corrected chi connectivity index (χ4v) is 7.22. The second-order valence-corrected chi connectivity index (χ2v) is 9.48. The molecular formula is C21H22N2OS. The number of benzene rings is 1. The number of aromatic nitrogens is 2. The Labute approximate surface area is 151 Å². The number of phenols is 1. The predicted molar refractivity (Wildman–Crippen MR) is 100 cm³/mol. The molecule has 4 aliphatic rings. The number of hydrogen-bond acceptors (Lipinski definition) is 3. The van der Waals surface area contributed by atoms with Gasteiger partial charge in [0.2, 0.25) is 0 Å². The van der Waals surface area contributed by atoms with Crippen molar-refractivity contribution in [3.05, 3.63) is 41.5 Å². The number of fused-ring (bicyclic) bond motifs is 1. The van der Waals surface area contributed by atoms with E-state index < -0.39 is 0 Å². The molecule has 2 aromatic heterocycles. The van der Waals surface area contributed by atoms with Crippen LogP contribution < -0.4 is 0 Å². The highest BCUT2D eigenvalue weighted by Crippen LogP contribution is 2.60. The number of phenolic OH excluding ortho intramolecular Hbond substituents is 1. The lowest BCUT2D eigenvalue weighted by Crippen LogP contribution is -2.48. The highest BCUT2D eigenvalue weighted by molar-refractivity contribution is 7.15. The zero-order chi connectivity index (χ0) is 16.6. The Balaban J connectivity index is 1.46. The van der Waals surface area contributed by atoms with Crippen molar-refractivity contribution in [3.8, 4) is 17.0 Å². The molecule has 2 heterocycles. The van der Waals surface area contributed by atoms with Crippen molar-refractivity contribution < 1.29 is 5.11 Å². The van der Waals surface area contributed by atoms with Gasteiger partial charge in [-0.2, -0.15) is 0 Å². The van der Waals surface area contributed by atoms with Gasteiger partial charge >= 0.3 is 0 Å². The van der Waals surface area contributed by atoms with Gasteiger partial charge in [0.25, 0.3) is 0 Å². The monoisotopic (exact) mass is 350 g/mol. The minimum absolute atomic E-state index is 0.318. The van der Waals surface area contributed by atoms with Crippen LogP contribution in [0, 0.1) is 17.8 Å². The highest BCUT2D eigenvalue weighted by atomic mass is 32.1. The van der Waals surface area contributed by atoms with Crippen molar-refractivity contribution in [1.82, 2.24) is 9.38 Å². The van der Waals surface area contributed by atoms with Crippen molar-refractivity contribution in [1.29, 1.82) is 0 Å². The van der Waals surface area contributed by atoms with Crippen LogP contribution in [-0.2, 0) is 5.41 Å². The maximum Gasteiger partial charge on any atom is 0.194 e. The van der Waals surface area contributed by atoms with Gasteiger partial charge in [-0.3, -0.25) is 4.40 Å². The molecule has 7 rings (SSSR count). The van der Waals surface area contributed by atoms with Crippen LogP contribution in [0.4, 0.5) is 0 Å². The summed E-state index contributed by atoms with van der Waals surface area (Å²) in [5.74, 6) is 3.14. The van der Waals surface area contributed by atoms with Crippen molar-refractivity contribution in [2.45, 2.75) is 43.9 Å². The van der Waals surface area contributed by atoms with Gasteiger partial charge in [-0.1, -0.05) is 12.1 Å². The fourth-order valence-electron chi connectivity index (χ4n) is 6.34. The Morgan fingerprint density at radius 1 is 1.08 bits per heavy atom. The average Bonchev–Trinajstić information content (AvgIpc) is 3.14. The van der Waals surface area contributed by atoms with Gasteiger partial charge in [0, 0.05) is 22.6 Å². The molecule has 1 aromatic carbocycles. The molecule has 0 atom stereocenters. The Morgan fingerprint density at radius 2 is 1.80 bits per heavy atom. The van der Waals surface area contributed by atoms with E-state index in [-0.39, 0.29) is 0 Å². The first-order valence-corrected chi connectivity index (χ1v) is 10.3. The van der Waals surface area contributed by atoms with Gasteiger partial charge in [0.1, 0.15) is 5.75 Å². The predicted octanol–water partition coefficient (Wildman–Crippen LogP) is 5.24. The number of thiazole rings is 1. The maximum atomic E-state index is 9.82. The molecule has 4 heteroatoms.